The van der Waals surface area contributed by atoms with Gasteiger partial charge in [-0.1, -0.05) is 29.8 Å². The molecule has 3 atom stereocenters. The highest BCUT2D eigenvalue weighted by Gasteiger charge is 2.37. The maximum atomic E-state index is 15.4. The molecule has 0 saturated heterocycles. The lowest BCUT2D eigenvalue weighted by atomic mass is 9.64. The van der Waals surface area contributed by atoms with E-state index in [1.54, 1.807) is 0 Å². The quantitative estimate of drug-likeness (QED) is 0.438. The largest absolute Gasteiger partial charge is 0.206 e. The average molecular weight is 419 g/mol. The first-order valence-corrected chi connectivity index (χ1v) is 10.9. The molecule has 2 aromatic carbocycles. The van der Waals surface area contributed by atoms with E-state index in [0.29, 0.717) is 23.8 Å². The standard InChI is InChI=1S/C25H26ClF3/c1-2-3-4-5-15-6-9-18-16(12-15)7-10-19-20(18)14-23(28)24(25(19)29)17-8-11-21(26)22(27)13-17/h2-3,8,11,13-16,18H,4-7,9-10,12H2,1H3/b3-2+. The van der Waals surface area contributed by atoms with Crippen LogP contribution in [0.4, 0.5) is 13.2 Å². The van der Waals surface area contributed by atoms with Gasteiger partial charge in [0.1, 0.15) is 17.5 Å². The van der Waals surface area contributed by atoms with Crippen molar-refractivity contribution in [3.8, 4) is 11.1 Å². The third-order valence-corrected chi connectivity index (χ3v) is 7.10. The van der Waals surface area contributed by atoms with Gasteiger partial charge in [0.05, 0.1) is 10.6 Å². The minimum Gasteiger partial charge on any atom is -0.206 e. The molecule has 0 radical (unpaired) electrons. The zero-order valence-corrected chi connectivity index (χ0v) is 17.4. The van der Waals surface area contributed by atoms with E-state index < -0.39 is 17.5 Å². The second-order valence-corrected chi connectivity index (χ2v) is 8.88. The molecule has 0 nitrogen and oxygen atoms in total. The highest BCUT2D eigenvalue weighted by atomic mass is 35.5. The lowest BCUT2D eigenvalue weighted by Crippen LogP contribution is -2.29. The molecule has 1 fully saturated rings. The normalized spacial score (nSPS) is 23.8. The number of benzene rings is 2. The van der Waals surface area contributed by atoms with Crippen molar-refractivity contribution >= 4 is 11.6 Å². The molecule has 0 heterocycles. The molecule has 2 aromatic rings. The molecule has 0 amide bonds. The van der Waals surface area contributed by atoms with Gasteiger partial charge in [-0.15, -0.1) is 0 Å². The number of hydrogen-bond donors (Lipinski definition) is 0. The van der Waals surface area contributed by atoms with Crippen molar-refractivity contribution in [2.24, 2.45) is 11.8 Å². The molecule has 0 aliphatic heterocycles. The molecule has 0 N–H and O–H groups in total. The molecule has 1 saturated carbocycles. The summed E-state index contributed by atoms with van der Waals surface area (Å²) in [4.78, 5) is 0. The summed E-state index contributed by atoms with van der Waals surface area (Å²) in [7, 11) is 0. The van der Waals surface area contributed by atoms with Gasteiger partial charge in [0, 0.05) is 0 Å². The van der Waals surface area contributed by atoms with E-state index in [2.05, 4.69) is 12.2 Å². The summed E-state index contributed by atoms with van der Waals surface area (Å²) in [5.41, 5.74) is 1.50. The second-order valence-electron chi connectivity index (χ2n) is 8.47. The van der Waals surface area contributed by atoms with Crippen LogP contribution in [0.5, 0.6) is 0 Å². The van der Waals surface area contributed by atoms with Gasteiger partial charge < -0.3 is 0 Å². The third kappa shape index (κ3) is 3.99. The average Bonchev–Trinajstić information content (AvgIpc) is 2.70. The number of halogens is 4. The van der Waals surface area contributed by atoms with Crippen LogP contribution in [-0.2, 0) is 6.42 Å². The molecular formula is C25H26ClF3. The lowest BCUT2D eigenvalue weighted by molar-refractivity contribution is 0.201. The Balaban J connectivity index is 1.63. The number of fused-ring (bicyclic) bond motifs is 3. The van der Waals surface area contributed by atoms with Gasteiger partial charge in [-0.3, -0.25) is 0 Å². The number of hydrogen-bond acceptors (Lipinski definition) is 0. The molecule has 154 valence electrons. The fourth-order valence-electron chi connectivity index (χ4n) is 5.36. The van der Waals surface area contributed by atoms with Crippen LogP contribution in [0.3, 0.4) is 0 Å². The first kappa shape index (κ1) is 20.5. The first-order chi connectivity index (χ1) is 14.0. The fraction of sp³-hybridized carbons (Fsp3) is 0.440. The van der Waals surface area contributed by atoms with E-state index in [-0.39, 0.29) is 22.1 Å². The Morgan fingerprint density at radius 1 is 1.07 bits per heavy atom. The Bertz CT molecular complexity index is 934. The van der Waals surface area contributed by atoms with Crippen molar-refractivity contribution < 1.29 is 13.2 Å². The summed E-state index contributed by atoms with van der Waals surface area (Å²) >= 11 is 5.72. The van der Waals surface area contributed by atoms with Crippen LogP contribution in [0.1, 0.15) is 62.5 Å². The van der Waals surface area contributed by atoms with E-state index in [1.165, 1.54) is 24.6 Å². The van der Waals surface area contributed by atoms with Crippen molar-refractivity contribution in [1.29, 1.82) is 0 Å². The van der Waals surface area contributed by atoms with E-state index >= 15 is 4.39 Å². The van der Waals surface area contributed by atoms with Gasteiger partial charge in [0.2, 0.25) is 0 Å². The maximum Gasteiger partial charge on any atom is 0.142 e. The summed E-state index contributed by atoms with van der Waals surface area (Å²) in [6, 6.07) is 5.44. The summed E-state index contributed by atoms with van der Waals surface area (Å²) < 4.78 is 44.2. The van der Waals surface area contributed by atoms with Crippen molar-refractivity contribution in [2.45, 2.75) is 57.8 Å². The van der Waals surface area contributed by atoms with Gasteiger partial charge in [-0.25, -0.2) is 13.2 Å². The van der Waals surface area contributed by atoms with E-state index in [9.17, 15) is 8.78 Å². The van der Waals surface area contributed by atoms with Crippen LogP contribution >= 0.6 is 11.6 Å². The predicted molar refractivity (Wildman–Crippen MR) is 113 cm³/mol. The summed E-state index contributed by atoms with van der Waals surface area (Å²) in [5, 5.41) is -0.0541. The first-order valence-electron chi connectivity index (χ1n) is 10.6. The zero-order valence-electron chi connectivity index (χ0n) is 16.7. The minimum absolute atomic E-state index is 0.0541. The summed E-state index contributed by atoms with van der Waals surface area (Å²) in [6.45, 7) is 2.05. The Morgan fingerprint density at radius 3 is 2.66 bits per heavy atom. The van der Waals surface area contributed by atoms with Gasteiger partial charge in [0.15, 0.2) is 0 Å². The second kappa shape index (κ2) is 8.55. The van der Waals surface area contributed by atoms with Crippen LogP contribution in [0.2, 0.25) is 5.02 Å². The molecule has 4 heteroatoms. The molecule has 2 aliphatic carbocycles. The van der Waals surface area contributed by atoms with Gasteiger partial charge in [-0.2, -0.15) is 0 Å². The molecular weight excluding hydrogens is 393 g/mol. The van der Waals surface area contributed by atoms with E-state index in [4.69, 9.17) is 11.6 Å². The van der Waals surface area contributed by atoms with Gasteiger partial charge >= 0.3 is 0 Å². The highest BCUT2D eigenvalue weighted by molar-refractivity contribution is 6.30. The molecule has 4 rings (SSSR count). The number of rotatable bonds is 4. The topological polar surface area (TPSA) is 0 Å². The molecule has 2 aliphatic rings. The third-order valence-electron chi connectivity index (χ3n) is 6.80. The Hall–Kier alpha value is -1.74. The molecule has 0 spiro atoms. The monoisotopic (exact) mass is 418 g/mol. The van der Waals surface area contributed by atoms with Crippen molar-refractivity contribution in [3.05, 3.63) is 70.0 Å². The van der Waals surface area contributed by atoms with Crippen LogP contribution in [-0.4, -0.2) is 0 Å². The van der Waals surface area contributed by atoms with Gasteiger partial charge in [-0.05, 0) is 105 Å². The van der Waals surface area contributed by atoms with Crippen LogP contribution in [0, 0.1) is 29.3 Å². The lowest BCUT2D eigenvalue weighted by Gasteiger charge is -2.41. The smallest absolute Gasteiger partial charge is 0.142 e. The Morgan fingerprint density at radius 2 is 1.90 bits per heavy atom. The van der Waals surface area contributed by atoms with E-state index in [0.717, 1.165) is 43.7 Å². The fourth-order valence-corrected chi connectivity index (χ4v) is 5.48. The van der Waals surface area contributed by atoms with Crippen molar-refractivity contribution in [2.75, 3.05) is 0 Å². The zero-order chi connectivity index (χ0) is 20.5. The minimum atomic E-state index is -0.669. The molecule has 3 unspecified atom stereocenters. The number of allylic oxidation sites excluding steroid dienone is 2. The molecule has 0 bridgehead atoms. The Kier molecular flexibility index (Phi) is 6.06. The molecule has 29 heavy (non-hydrogen) atoms. The van der Waals surface area contributed by atoms with Crippen molar-refractivity contribution in [3.63, 3.8) is 0 Å². The maximum absolute atomic E-state index is 15.4. The highest BCUT2D eigenvalue weighted by Crippen LogP contribution is 2.49. The van der Waals surface area contributed by atoms with Crippen LogP contribution in [0.25, 0.3) is 11.1 Å². The van der Waals surface area contributed by atoms with Crippen LogP contribution < -0.4 is 0 Å². The summed E-state index contributed by atoms with van der Waals surface area (Å²) in [6.07, 6.45) is 11.4. The van der Waals surface area contributed by atoms with Crippen LogP contribution in [0.15, 0.2) is 36.4 Å². The van der Waals surface area contributed by atoms with Crippen molar-refractivity contribution in [1.82, 2.24) is 0 Å². The molecule has 0 aromatic heterocycles. The summed E-state index contributed by atoms with van der Waals surface area (Å²) in [5.74, 6) is -0.368. The predicted octanol–water partition coefficient (Wildman–Crippen LogP) is 8.23. The van der Waals surface area contributed by atoms with E-state index in [1.807, 2.05) is 6.92 Å². The van der Waals surface area contributed by atoms with Gasteiger partial charge in [0.25, 0.3) is 0 Å². The SMILES string of the molecule is C/C=C/CCC1CCC2c3cc(F)c(-c4ccc(Cl)c(F)c4)c(F)c3CCC2C1. The Labute approximate surface area is 175 Å².